The maximum atomic E-state index is 11.4. The average Bonchev–Trinajstić information content (AvgIpc) is 2.88. The highest BCUT2D eigenvalue weighted by Crippen LogP contribution is 2.25. The summed E-state index contributed by atoms with van der Waals surface area (Å²) in [5.74, 6) is 0.107. The number of hydrogen-bond acceptors (Lipinski definition) is 6. The van der Waals surface area contributed by atoms with Crippen LogP contribution in [0.3, 0.4) is 0 Å². The highest BCUT2D eigenvalue weighted by atomic mass is 16.5. The maximum absolute atomic E-state index is 11.4. The van der Waals surface area contributed by atoms with E-state index in [4.69, 9.17) is 10.5 Å². The number of anilines is 1. The first-order valence-electron chi connectivity index (χ1n) is 5.69. The summed E-state index contributed by atoms with van der Waals surface area (Å²) in [7, 11) is 1.28. The number of carbonyl (C=O) groups excluding carboxylic acids is 1. The van der Waals surface area contributed by atoms with Gasteiger partial charge < -0.3 is 15.2 Å². The summed E-state index contributed by atoms with van der Waals surface area (Å²) >= 11 is 0. The number of nitrogen functional groups attached to an aromatic ring is 1. The number of rotatable bonds is 4. The summed E-state index contributed by atoms with van der Waals surface area (Å²) in [6.07, 6.45) is 3.27. The molecule has 7 heteroatoms. The van der Waals surface area contributed by atoms with Gasteiger partial charge in [0, 0.05) is 6.54 Å². The summed E-state index contributed by atoms with van der Waals surface area (Å²) in [4.78, 5) is 15.4. The SMILES string of the molecule is CCn1cc(Oc2nc(C(=O)OC)ccc2N)cn1. The minimum Gasteiger partial charge on any atom is -0.464 e. The third-order valence-electron chi connectivity index (χ3n) is 2.43. The lowest BCUT2D eigenvalue weighted by Gasteiger charge is -2.06. The van der Waals surface area contributed by atoms with Crippen LogP contribution in [0.4, 0.5) is 5.69 Å². The van der Waals surface area contributed by atoms with Gasteiger partial charge in [-0.25, -0.2) is 9.78 Å². The molecule has 2 rings (SSSR count). The Morgan fingerprint density at radius 2 is 2.26 bits per heavy atom. The van der Waals surface area contributed by atoms with Crippen LogP contribution in [0.25, 0.3) is 0 Å². The van der Waals surface area contributed by atoms with E-state index in [-0.39, 0.29) is 11.6 Å². The fourth-order valence-corrected chi connectivity index (χ4v) is 1.43. The molecule has 2 aromatic heterocycles. The molecule has 19 heavy (non-hydrogen) atoms. The van der Waals surface area contributed by atoms with E-state index >= 15 is 0 Å². The average molecular weight is 262 g/mol. The zero-order valence-corrected chi connectivity index (χ0v) is 10.7. The number of ether oxygens (including phenoxy) is 2. The predicted molar refractivity (Wildman–Crippen MR) is 68.0 cm³/mol. The van der Waals surface area contributed by atoms with Crippen molar-refractivity contribution in [2.45, 2.75) is 13.5 Å². The fraction of sp³-hybridized carbons (Fsp3) is 0.250. The van der Waals surface area contributed by atoms with Crippen molar-refractivity contribution in [1.82, 2.24) is 14.8 Å². The lowest BCUT2D eigenvalue weighted by Crippen LogP contribution is -2.06. The number of nitrogens with two attached hydrogens (primary N) is 1. The Labute approximate surface area is 110 Å². The second kappa shape index (κ2) is 5.38. The second-order valence-corrected chi connectivity index (χ2v) is 3.72. The number of carbonyl (C=O) groups is 1. The highest BCUT2D eigenvalue weighted by Gasteiger charge is 2.12. The van der Waals surface area contributed by atoms with E-state index in [0.29, 0.717) is 11.4 Å². The molecule has 0 unspecified atom stereocenters. The van der Waals surface area contributed by atoms with E-state index in [1.165, 1.54) is 13.2 Å². The third kappa shape index (κ3) is 2.82. The molecule has 0 aliphatic carbocycles. The van der Waals surface area contributed by atoms with Crippen molar-refractivity contribution in [2.24, 2.45) is 0 Å². The number of nitrogens with zero attached hydrogens (tertiary/aromatic N) is 3. The monoisotopic (exact) mass is 262 g/mol. The minimum absolute atomic E-state index is 0.134. The van der Waals surface area contributed by atoms with Crippen molar-refractivity contribution in [3.63, 3.8) is 0 Å². The molecule has 0 fully saturated rings. The normalized spacial score (nSPS) is 10.2. The van der Waals surface area contributed by atoms with Crippen LogP contribution >= 0.6 is 0 Å². The predicted octanol–water partition coefficient (Wildman–Crippen LogP) is 1.46. The van der Waals surface area contributed by atoms with Gasteiger partial charge in [-0.05, 0) is 19.1 Å². The number of pyridine rings is 1. The first kappa shape index (κ1) is 12.9. The first-order valence-corrected chi connectivity index (χ1v) is 5.69. The Balaban J connectivity index is 2.25. The van der Waals surface area contributed by atoms with Crippen molar-refractivity contribution in [3.05, 3.63) is 30.2 Å². The van der Waals surface area contributed by atoms with Crippen LogP contribution in [0, 0.1) is 0 Å². The Hall–Kier alpha value is -2.57. The van der Waals surface area contributed by atoms with Crippen molar-refractivity contribution < 1.29 is 14.3 Å². The fourth-order valence-electron chi connectivity index (χ4n) is 1.43. The number of methoxy groups -OCH3 is 1. The lowest BCUT2D eigenvalue weighted by molar-refractivity contribution is 0.0593. The van der Waals surface area contributed by atoms with Gasteiger partial charge in [-0.15, -0.1) is 0 Å². The van der Waals surface area contributed by atoms with Gasteiger partial charge in [0.1, 0.15) is 0 Å². The van der Waals surface area contributed by atoms with E-state index < -0.39 is 5.97 Å². The van der Waals surface area contributed by atoms with E-state index in [2.05, 4.69) is 14.8 Å². The van der Waals surface area contributed by atoms with Crippen LogP contribution in [0.2, 0.25) is 0 Å². The molecule has 0 spiro atoms. The second-order valence-electron chi connectivity index (χ2n) is 3.72. The largest absolute Gasteiger partial charge is 0.464 e. The minimum atomic E-state index is -0.547. The molecule has 0 bridgehead atoms. The van der Waals surface area contributed by atoms with Gasteiger partial charge in [-0.1, -0.05) is 0 Å². The van der Waals surface area contributed by atoms with Gasteiger partial charge in [0.05, 0.1) is 25.2 Å². The van der Waals surface area contributed by atoms with Crippen LogP contribution in [-0.2, 0) is 11.3 Å². The summed E-state index contributed by atoms with van der Waals surface area (Å²) in [6, 6.07) is 3.02. The van der Waals surface area contributed by atoms with E-state index in [0.717, 1.165) is 6.54 Å². The Bertz CT molecular complexity index is 594. The van der Waals surface area contributed by atoms with Gasteiger partial charge in [-0.3, -0.25) is 4.68 Å². The van der Waals surface area contributed by atoms with Crippen LogP contribution < -0.4 is 10.5 Å². The zero-order chi connectivity index (χ0) is 13.8. The molecule has 0 aromatic carbocycles. The molecule has 0 amide bonds. The van der Waals surface area contributed by atoms with Gasteiger partial charge in [-0.2, -0.15) is 5.10 Å². The number of hydrogen-bond donors (Lipinski definition) is 1. The van der Waals surface area contributed by atoms with Gasteiger partial charge in [0.2, 0.25) is 5.88 Å². The smallest absolute Gasteiger partial charge is 0.356 e. The topological polar surface area (TPSA) is 92.3 Å². The number of aromatic nitrogens is 3. The molecular formula is C12H14N4O3. The molecule has 0 radical (unpaired) electrons. The molecule has 2 heterocycles. The molecule has 7 nitrogen and oxygen atoms in total. The molecule has 0 saturated heterocycles. The third-order valence-corrected chi connectivity index (χ3v) is 2.43. The standard InChI is InChI=1S/C12H14N4O3/c1-3-16-7-8(6-14-16)19-11-9(13)4-5-10(15-11)12(17)18-2/h4-7H,3,13H2,1-2H3. The van der Waals surface area contributed by atoms with Crippen molar-refractivity contribution in [1.29, 1.82) is 0 Å². The maximum Gasteiger partial charge on any atom is 0.356 e. The molecule has 2 aromatic rings. The molecule has 0 aliphatic rings. The highest BCUT2D eigenvalue weighted by molar-refractivity contribution is 5.87. The molecule has 0 saturated carbocycles. The molecular weight excluding hydrogens is 248 g/mol. The lowest BCUT2D eigenvalue weighted by atomic mass is 10.3. The molecule has 0 aliphatic heterocycles. The van der Waals surface area contributed by atoms with Gasteiger partial charge in [0.25, 0.3) is 0 Å². The van der Waals surface area contributed by atoms with Crippen LogP contribution in [0.1, 0.15) is 17.4 Å². The number of aryl methyl sites for hydroxylation is 1. The Morgan fingerprint density at radius 3 is 2.89 bits per heavy atom. The Kier molecular flexibility index (Phi) is 3.65. The van der Waals surface area contributed by atoms with Crippen LogP contribution in [0.5, 0.6) is 11.6 Å². The van der Waals surface area contributed by atoms with Crippen molar-refractivity contribution in [2.75, 3.05) is 12.8 Å². The summed E-state index contributed by atoms with van der Waals surface area (Å²) in [5, 5.41) is 4.07. The Morgan fingerprint density at radius 1 is 1.47 bits per heavy atom. The van der Waals surface area contributed by atoms with Crippen LogP contribution in [0.15, 0.2) is 24.5 Å². The summed E-state index contributed by atoms with van der Waals surface area (Å²) in [5.41, 5.74) is 6.22. The van der Waals surface area contributed by atoms with Crippen LogP contribution in [-0.4, -0.2) is 27.8 Å². The quantitative estimate of drug-likeness (QED) is 0.838. The van der Waals surface area contributed by atoms with Crippen molar-refractivity contribution in [3.8, 4) is 11.6 Å². The van der Waals surface area contributed by atoms with Crippen molar-refractivity contribution >= 4 is 11.7 Å². The van der Waals surface area contributed by atoms with E-state index in [9.17, 15) is 4.79 Å². The van der Waals surface area contributed by atoms with E-state index in [1.54, 1.807) is 23.1 Å². The first-order chi connectivity index (χ1) is 9.13. The molecule has 0 atom stereocenters. The number of esters is 1. The van der Waals surface area contributed by atoms with E-state index in [1.807, 2.05) is 6.92 Å². The zero-order valence-electron chi connectivity index (χ0n) is 10.7. The summed E-state index contributed by atoms with van der Waals surface area (Å²) < 4.78 is 11.8. The summed E-state index contributed by atoms with van der Waals surface area (Å²) in [6.45, 7) is 2.69. The van der Waals surface area contributed by atoms with Gasteiger partial charge in [0.15, 0.2) is 11.4 Å². The van der Waals surface area contributed by atoms with Gasteiger partial charge >= 0.3 is 5.97 Å². The molecule has 2 N–H and O–H groups in total. The molecule has 100 valence electrons.